The molecule has 0 aromatic heterocycles. The first kappa shape index (κ1) is 17.6. The number of rotatable bonds is 7. The van der Waals surface area contributed by atoms with Gasteiger partial charge in [0.15, 0.2) is 0 Å². The second-order valence-corrected chi connectivity index (χ2v) is 6.81. The average Bonchev–Trinajstić information content (AvgIpc) is 3.28. The van der Waals surface area contributed by atoms with Crippen molar-refractivity contribution in [1.82, 2.24) is 10.2 Å². The van der Waals surface area contributed by atoms with Gasteiger partial charge in [0.25, 0.3) is 0 Å². The average molecular weight is 353 g/mol. The summed E-state index contributed by atoms with van der Waals surface area (Å²) in [4.78, 5) is 24.9. The fourth-order valence-electron chi connectivity index (χ4n) is 3.09. The quantitative estimate of drug-likeness (QED) is 0.703. The van der Waals surface area contributed by atoms with Gasteiger partial charge in [0, 0.05) is 24.7 Å². The van der Waals surface area contributed by atoms with E-state index in [1.165, 1.54) is 0 Å². The minimum Gasteiger partial charge on any atom is -0.480 e. The van der Waals surface area contributed by atoms with Crippen molar-refractivity contribution in [3.05, 3.63) is 29.8 Å². The summed E-state index contributed by atoms with van der Waals surface area (Å²) in [5.74, 6) is -1.80. The number of aliphatic carboxylic acids is 1. The van der Waals surface area contributed by atoms with E-state index < -0.39 is 23.6 Å². The highest BCUT2D eigenvalue weighted by Gasteiger charge is 2.37. The maximum Gasteiger partial charge on any atom is 0.319 e. The van der Waals surface area contributed by atoms with Crippen molar-refractivity contribution in [2.24, 2.45) is 5.92 Å². The van der Waals surface area contributed by atoms with Crippen LogP contribution in [0, 0.1) is 17.6 Å². The highest BCUT2D eigenvalue weighted by molar-refractivity contribution is 5.89. The lowest BCUT2D eigenvalue weighted by atomic mass is 9.85. The number of carbonyl (C=O) groups is 2. The van der Waals surface area contributed by atoms with Crippen LogP contribution in [0.25, 0.3) is 0 Å². The first-order valence-electron chi connectivity index (χ1n) is 8.39. The second-order valence-electron chi connectivity index (χ2n) is 6.81. The SMILES string of the molecule is O=C(O)CN(CC1CC1)C1CC(NC(=O)Nc2ccc(F)cc2F)C1. The molecule has 25 heavy (non-hydrogen) atoms. The van der Waals surface area contributed by atoms with Crippen LogP contribution in [0.5, 0.6) is 0 Å². The first-order chi connectivity index (χ1) is 11.9. The van der Waals surface area contributed by atoms with Crippen LogP contribution >= 0.6 is 0 Å². The molecule has 0 aliphatic heterocycles. The van der Waals surface area contributed by atoms with Crippen molar-refractivity contribution in [3.8, 4) is 0 Å². The minimum atomic E-state index is -0.846. The molecule has 3 rings (SSSR count). The summed E-state index contributed by atoms with van der Waals surface area (Å²) < 4.78 is 26.4. The van der Waals surface area contributed by atoms with Gasteiger partial charge in [-0.05, 0) is 43.7 Å². The van der Waals surface area contributed by atoms with Crippen LogP contribution in [0.1, 0.15) is 25.7 Å². The zero-order valence-corrected chi connectivity index (χ0v) is 13.7. The highest BCUT2D eigenvalue weighted by Crippen LogP contribution is 2.33. The number of urea groups is 1. The molecule has 0 unspecified atom stereocenters. The molecular formula is C17H21F2N3O3. The maximum atomic E-state index is 13.5. The van der Waals surface area contributed by atoms with Crippen LogP contribution in [0.15, 0.2) is 18.2 Å². The van der Waals surface area contributed by atoms with Gasteiger partial charge in [-0.1, -0.05) is 0 Å². The number of carboxylic acids is 1. The van der Waals surface area contributed by atoms with Crippen molar-refractivity contribution in [2.45, 2.75) is 37.8 Å². The molecule has 2 fully saturated rings. The second kappa shape index (κ2) is 7.35. The van der Waals surface area contributed by atoms with Crippen LogP contribution in [0.4, 0.5) is 19.3 Å². The number of benzene rings is 1. The van der Waals surface area contributed by atoms with Gasteiger partial charge in [-0.25, -0.2) is 13.6 Å². The highest BCUT2D eigenvalue weighted by atomic mass is 19.1. The van der Waals surface area contributed by atoms with E-state index in [4.69, 9.17) is 5.11 Å². The third-order valence-electron chi connectivity index (χ3n) is 4.67. The molecule has 8 heteroatoms. The summed E-state index contributed by atoms with van der Waals surface area (Å²) in [6.45, 7) is 0.803. The molecule has 2 aliphatic rings. The molecule has 6 nitrogen and oxygen atoms in total. The fourth-order valence-corrected chi connectivity index (χ4v) is 3.09. The molecule has 2 saturated carbocycles. The number of carboxylic acid groups (broad SMARTS) is 1. The van der Waals surface area contributed by atoms with E-state index in [1.54, 1.807) is 0 Å². The van der Waals surface area contributed by atoms with Gasteiger partial charge in [0.1, 0.15) is 11.6 Å². The molecular weight excluding hydrogens is 332 g/mol. The Hall–Kier alpha value is -2.22. The smallest absolute Gasteiger partial charge is 0.319 e. The summed E-state index contributed by atoms with van der Waals surface area (Å²) in [6, 6.07) is 2.45. The molecule has 2 aliphatic carbocycles. The first-order valence-corrected chi connectivity index (χ1v) is 8.39. The van der Waals surface area contributed by atoms with Crippen molar-refractivity contribution in [3.63, 3.8) is 0 Å². The van der Waals surface area contributed by atoms with E-state index in [0.29, 0.717) is 24.8 Å². The molecule has 0 bridgehead atoms. The summed E-state index contributed by atoms with van der Waals surface area (Å²) in [7, 11) is 0. The summed E-state index contributed by atoms with van der Waals surface area (Å²) in [6.07, 6.45) is 3.63. The number of amides is 2. The van der Waals surface area contributed by atoms with Gasteiger partial charge in [-0.2, -0.15) is 0 Å². The zero-order valence-electron chi connectivity index (χ0n) is 13.7. The molecule has 0 atom stereocenters. The predicted molar refractivity (Wildman–Crippen MR) is 87.3 cm³/mol. The number of nitrogens with zero attached hydrogens (tertiary/aromatic N) is 1. The Labute approximate surface area is 144 Å². The lowest BCUT2D eigenvalue weighted by molar-refractivity contribution is -0.139. The Kier molecular flexibility index (Phi) is 5.17. The Morgan fingerprint density at radius 2 is 1.96 bits per heavy atom. The predicted octanol–water partition coefficient (Wildman–Crippen LogP) is 2.41. The van der Waals surface area contributed by atoms with Gasteiger partial charge >= 0.3 is 12.0 Å². The molecule has 1 aromatic carbocycles. The van der Waals surface area contributed by atoms with E-state index in [-0.39, 0.29) is 24.3 Å². The largest absolute Gasteiger partial charge is 0.480 e. The minimum absolute atomic E-state index is 0.0148. The molecule has 0 heterocycles. The standard InChI is InChI=1S/C17H21F2N3O3/c18-11-3-4-15(14(19)5-11)21-17(25)20-12-6-13(7-12)22(9-16(23)24)8-10-1-2-10/h3-5,10,12-13H,1-2,6-9H2,(H,23,24)(H2,20,21,25). The van der Waals surface area contributed by atoms with Gasteiger partial charge in [0.2, 0.25) is 0 Å². The molecule has 2 amide bonds. The van der Waals surface area contributed by atoms with Gasteiger partial charge in [0.05, 0.1) is 12.2 Å². The molecule has 0 radical (unpaired) electrons. The van der Waals surface area contributed by atoms with Crippen molar-refractivity contribution in [1.29, 1.82) is 0 Å². The van der Waals surface area contributed by atoms with Crippen LogP contribution in [0.2, 0.25) is 0 Å². The lowest BCUT2D eigenvalue weighted by Crippen LogP contribution is -2.55. The lowest BCUT2D eigenvalue weighted by Gasteiger charge is -2.42. The number of hydrogen-bond acceptors (Lipinski definition) is 3. The normalized spacial score (nSPS) is 22.4. The van der Waals surface area contributed by atoms with Gasteiger partial charge < -0.3 is 15.7 Å². The maximum absolute atomic E-state index is 13.5. The third kappa shape index (κ3) is 4.88. The van der Waals surface area contributed by atoms with Crippen LogP contribution in [-0.2, 0) is 4.79 Å². The van der Waals surface area contributed by atoms with Crippen LogP contribution in [0.3, 0.4) is 0 Å². The molecule has 136 valence electrons. The summed E-state index contributed by atoms with van der Waals surface area (Å²) >= 11 is 0. The van der Waals surface area contributed by atoms with Gasteiger partial charge in [-0.3, -0.25) is 9.69 Å². The molecule has 0 spiro atoms. The number of halogens is 2. The van der Waals surface area contributed by atoms with E-state index in [1.807, 2.05) is 4.90 Å². The van der Waals surface area contributed by atoms with Crippen molar-refractivity contribution in [2.75, 3.05) is 18.4 Å². The number of anilines is 1. The molecule has 3 N–H and O–H groups in total. The fraction of sp³-hybridized carbons (Fsp3) is 0.529. The van der Waals surface area contributed by atoms with E-state index >= 15 is 0 Å². The van der Waals surface area contributed by atoms with E-state index in [2.05, 4.69) is 10.6 Å². The zero-order chi connectivity index (χ0) is 18.0. The topological polar surface area (TPSA) is 81.7 Å². The number of hydrogen-bond donors (Lipinski definition) is 3. The number of nitrogens with one attached hydrogen (secondary N) is 2. The Morgan fingerprint density at radius 1 is 1.24 bits per heavy atom. The Morgan fingerprint density at radius 3 is 2.56 bits per heavy atom. The monoisotopic (exact) mass is 353 g/mol. The molecule has 1 aromatic rings. The summed E-state index contributed by atoms with van der Waals surface area (Å²) in [5, 5.41) is 14.1. The number of carbonyl (C=O) groups excluding carboxylic acids is 1. The van der Waals surface area contributed by atoms with E-state index in [0.717, 1.165) is 31.5 Å². The molecule has 0 saturated heterocycles. The van der Waals surface area contributed by atoms with E-state index in [9.17, 15) is 18.4 Å². The van der Waals surface area contributed by atoms with Gasteiger partial charge in [-0.15, -0.1) is 0 Å². The summed E-state index contributed by atoms with van der Waals surface area (Å²) in [5.41, 5.74) is -0.0870. The Bertz CT molecular complexity index is 661. The third-order valence-corrected chi connectivity index (χ3v) is 4.67. The van der Waals surface area contributed by atoms with Crippen molar-refractivity contribution < 1.29 is 23.5 Å². The Balaban J connectivity index is 1.45. The van der Waals surface area contributed by atoms with Crippen LogP contribution < -0.4 is 10.6 Å². The van der Waals surface area contributed by atoms with Crippen molar-refractivity contribution >= 4 is 17.7 Å². The van der Waals surface area contributed by atoms with Crippen LogP contribution in [-0.4, -0.2) is 47.2 Å².